The number of aryl methyl sites for hydroxylation is 1. The third-order valence-electron chi connectivity index (χ3n) is 3.02. The molecule has 0 aliphatic carbocycles. The minimum absolute atomic E-state index is 0.0781. The number of hydrogen-bond donors (Lipinski definition) is 2. The van der Waals surface area contributed by atoms with Gasteiger partial charge in [-0.3, -0.25) is 9.59 Å². The summed E-state index contributed by atoms with van der Waals surface area (Å²) in [6.45, 7) is 5.34. The fourth-order valence-electron chi connectivity index (χ4n) is 2.11. The Hall–Kier alpha value is -2.30. The third kappa shape index (κ3) is 2.59. The molecule has 0 atom stereocenters. The van der Waals surface area contributed by atoms with Crippen molar-refractivity contribution in [2.75, 3.05) is 0 Å². The first-order valence-corrected chi connectivity index (χ1v) is 6.01. The first kappa shape index (κ1) is 13.1. The van der Waals surface area contributed by atoms with Crippen molar-refractivity contribution in [3.8, 4) is 0 Å². The first-order valence-electron chi connectivity index (χ1n) is 6.01. The van der Waals surface area contributed by atoms with Crippen LogP contribution in [0.4, 0.5) is 0 Å². The van der Waals surface area contributed by atoms with Crippen molar-refractivity contribution in [1.29, 1.82) is 0 Å². The number of carbonyl (C=O) groups excluding carboxylic acids is 2. The Morgan fingerprint density at radius 2 is 2.11 bits per heavy atom. The van der Waals surface area contributed by atoms with Crippen molar-refractivity contribution in [3.05, 3.63) is 46.7 Å². The molecular formula is C14H16N2O3. The molecule has 0 saturated heterocycles. The molecular weight excluding hydrogens is 244 g/mol. The zero-order valence-electron chi connectivity index (χ0n) is 11.2. The first-order chi connectivity index (χ1) is 9.00. The van der Waals surface area contributed by atoms with Crippen LogP contribution in [0.2, 0.25) is 0 Å². The summed E-state index contributed by atoms with van der Waals surface area (Å²) in [4.78, 5) is 26.5. The van der Waals surface area contributed by atoms with Gasteiger partial charge in [-0.2, -0.15) is 0 Å². The van der Waals surface area contributed by atoms with Gasteiger partial charge in [0.15, 0.2) is 5.78 Å². The van der Waals surface area contributed by atoms with Crippen LogP contribution >= 0.6 is 0 Å². The van der Waals surface area contributed by atoms with E-state index in [-0.39, 0.29) is 11.7 Å². The summed E-state index contributed by atoms with van der Waals surface area (Å²) in [5.41, 5.74) is 2.39. The van der Waals surface area contributed by atoms with Crippen molar-refractivity contribution in [2.24, 2.45) is 0 Å². The number of amides is 1. The van der Waals surface area contributed by atoms with Crippen LogP contribution in [0.15, 0.2) is 22.8 Å². The predicted octanol–water partition coefficient (Wildman–Crippen LogP) is 2.36. The fourth-order valence-corrected chi connectivity index (χ4v) is 2.11. The van der Waals surface area contributed by atoms with E-state index in [0.29, 0.717) is 34.8 Å². The number of carbonyl (C=O) groups is 2. The normalized spacial score (nSPS) is 10.5. The van der Waals surface area contributed by atoms with Gasteiger partial charge in [0.1, 0.15) is 5.76 Å². The molecule has 0 aromatic carbocycles. The zero-order chi connectivity index (χ0) is 14.0. The van der Waals surface area contributed by atoms with Crippen LogP contribution in [0.5, 0.6) is 0 Å². The van der Waals surface area contributed by atoms with Gasteiger partial charge >= 0.3 is 0 Å². The van der Waals surface area contributed by atoms with Gasteiger partial charge in [0, 0.05) is 12.6 Å². The largest absolute Gasteiger partial charge is 0.467 e. The number of aromatic nitrogens is 1. The van der Waals surface area contributed by atoms with E-state index >= 15 is 0 Å². The number of H-pyrrole nitrogens is 1. The van der Waals surface area contributed by atoms with Gasteiger partial charge in [-0.15, -0.1) is 0 Å². The van der Waals surface area contributed by atoms with Gasteiger partial charge in [-0.25, -0.2) is 0 Å². The molecule has 5 nitrogen and oxygen atoms in total. The van der Waals surface area contributed by atoms with Crippen molar-refractivity contribution in [1.82, 2.24) is 10.3 Å². The Morgan fingerprint density at radius 1 is 1.37 bits per heavy atom. The Bertz CT molecular complexity index is 609. The Labute approximate surface area is 111 Å². The Morgan fingerprint density at radius 3 is 2.63 bits per heavy atom. The SMILES string of the molecule is CC(=O)c1[nH]c(C)c(C(=O)NCc2ccco2)c1C. The Balaban J connectivity index is 2.17. The highest BCUT2D eigenvalue weighted by atomic mass is 16.3. The molecule has 100 valence electrons. The number of ketones is 1. The minimum Gasteiger partial charge on any atom is -0.467 e. The quantitative estimate of drug-likeness (QED) is 0.828. The maximum atomic E-state index is 12.1. The van der Waals surface area contributed by atoms with E-state index < -0.39 is 0 Å². The smallest absolute Gasteiger partial charge is 0.253 e. The molecule has 0 bridgehead atoms. The molecule has 0 saturated carbocycles. The van der Waals surface area contributed by atoms with E-state index in [1.807, 2.05) is 0 Å². The number of Topliss-reactive ketones (excluding diaryl/α,β-unsaturated/α-hetero) is 1. The molecule has 2 aromatic rings. The van der Waals surface area contributed by atoms with E-state index in [0.717, 1.165) is 0 Å². The van der Waals surface area contributed by atoms with E-state index in [2.05, 4.69) is 10.3 Å². The lowest BCUT2D eigenvalue weighted by molar-refractivity contribution is 0.0947. The highest BCUT2D eigenvalue weighted by Gasteiger charge is 2.19. The summed E-state index contributed by atoms with van der Waals surface area (Å²) in [5.74, 6) is 0.395. The molecule has 0 fully saturated rings. The molecule has 1 amide bonds. The van der Waals surface area contributed by atoms with Crippen LogP contribution in [0.25, 0.3) is 0 Å². The van der Waals surface area contributed by atoms with Crippen molar-refractivity contribution >= 4 is 11.7 Å². The number of nitrogens with one attached hydrogen (secondary N) is 2. The van der Waals surface area contributed by atoms with Crippen LogP contribution in [-0.4, -0.2) is 16.7 Å². The van der Waals surface area contributed by atoms with Gasteiger partial charge in [0.25, 0.3) is 5.91 Å². The molecule has 0 aliphatic heterocycles. The van der Waals surface area contributed by atoms with Gasteiger partial charge in [-0.05, 0) is 31.5 Å². The average molecular weight is 260 g/mol. The van der Waals surface area contributed by atoms with E-state index in [1.165, 1.54) is 6.92 Å². The molecule has 2 N–H and O–H groups in total. The molecule has 5 heteroatoms. The lowest BCUT2D eigenvalue weighted by Crippen LogP contribution is -2.23. The van der Waals surface area contributed by atoms with Crippen LogP contribution in [0, 0.1) is 13.8 Å². The lowest BCUT2D eigenvalue weighted by Gasteiger charge is -2.04. The molecule has 0 unspecified atom stereocenters. The lowest BCUT2D eigenvalue weighted by atomic mass is 10.1. The van der Waals surface area contributed by atoms with E-state index in [1.54, 1.807) is 32.2 Å². The van der Waals surface area contributed by atoms with Crippen molar-refractivity contribution in [3.63, 3.8) is 0 Å². The average Bonchev–Trinajstić information content (AvgIpc) is 2.94. The van der Waals surface area contributed by atoms with Crippen LogP contribution < -0.4 is 5.32 Å². The number of furan rings is 1. The van der Waals surface area contributed by atoms with E-state index in [4.69, 9.17) is 4.42 Å². The van der Waals surface area contributed by atoms with Crippen LogP contribution in [0.3, 0.4) is 0 Å². The summed E-state index contributed by atoms with van der Waals surface area (Å²) in [6, 6.07) is 3.56. The summed E-state index contributed by atoms with van der Waals surface area (Å²) in [5, 5.41) is 2.77. The fraction of sp³-hybridized carbons (Fsp3) is 0.286. The monoisotopic (exact) mass is 260 g/mol. The standard InChI is InChI=1S/C14H16N2O3/c1-8-12(9(2)16-13(8)10(3)17)14(18)15-7-11-5-4-6-19-11/h4-6,16H,7H2,1-3H3,(H,15,18). The number of aromatic amines is 1. The van der Waals surface area contributed by atoms with Crippen molar-refractivity contribution < 1.29 is 14.0 Å². The summed E-state index contributed by atoms with van der Waals surface area (Å²) < 4.78 is 5.15. The highest BCUT2D eigenvalue weighted by Crippen LogP contribution is 2.18. The Kier molecular flexibility index (Phi) is 3.55. The third-order valence-corrected chi connectivity index (χ3v) is 3.02. The maximum Gasteiger partial charge on any atom is 0.253 e. The topological polar surface area (TPSA) is 75.1 Å². The molecule has 2 rings (SSSR count). The molecule has 0 aliphatic rings. The number of hydrogen-bond acceptors (Lipinski definition) is 3. The second-order valence-electron chi connectivity index (χ2n) is 4.44. The van der Waals surface area contributed by atoms with Gasteiger partial charge in [0.05, 0.1) is 24.1 Å². The number of rotatable bonds is 4. The molecule has 19 heavy (non-hydrogen) atoms. The van der Waals surface area contributed by atoms with Gasteiger partial charge < -0.3 is 14.7 Å². The molecule has 0 radical (unpaired) electrons. The second-order valence-corrected chi connectivity index (χ2v) is 4.44. The zero-order valence-corrected chi connectivity index (χ0v) is 11.2. The summed E-state index contributed by atoms with van der Waals surface area (Å²) >= 11 is 0. The molecule has 2 aromatic heterocycles. The summed E-state index contributed by atoms with van der Waals surface area (Å²) in [6.07, 6.45) is 1.56. The van der Waals surface area contributed by atoms with Gasteiger partial charge in [0.2, 0.25) is 0 Å². The minimum atomic E-state index is -0.213. The van der Waals surface area contributed by atoms with Crippen LogP contribution in [-0.2, 0) is 6.54 Å². The van der Waals surface area contributed by atoms with Crippen molar-refractivity contribution in [2.45, 2.75) is 27.3 Å². The maximum absolute atomic E-state index is 12.1. The van der Waals surface area contributed by atoms with E-state index in [9.17, 15) is 9.59 Å². The second kappa shape index (κ2) is 5.14. The predicted molar refractivity (Wildman–Crippen MR) is 70.1 cm³/mol. The van der Waals surface area contributed by atoms with Crippen LogP contribution in [0.1, 0.15) is 44.8 Å². The molecule has 0 spiro atoms. The summed E-state index contributed by atoms with van der Waals surface area (Å²) in [7, 11) is 0. The van der Waals surface area contributed by atoms with Gasteiger partial charge in [-0.1, -0.05) is 0 Å². The molecule has 2 heterocycles. The highest BCUT2D eigenvalue weighted by molar-refractivity contribution is 6.02.